The van der Waals surface area contributed by atoms with Crippen LogP contribution < -0.4 is 16.5 Å². The monoisotopic (exact) mass is 666 g/mol. The van der Waals surface area contributed by atoms with Gasteiger partial charge in [-0.3, -0.25) is 18.9 Å². The molecule has 22 heteroatoms. The molecule has 0 unspecified atom stereocenters. The van der Waals surface area contributed by atoms with Gasteiger partial charge in [0.2, 0.25) is 11.0 Å². The number of aromatic hydroxyl groups is 1. The van der Waals surface area contributed by atoms with E-state index in [1.807, 2.05) is 0 Å². The third-order valence-electron chi connectivity index (χ3n) is 5.95. The van der Waals surface area contributed by atoms with Crippen LogP contribution in [0.15, 0.2) is 39.9 Å². The summed E-state index contributed by atoms with van der Waals surface area (Å²) in [6, 6.07) is -1.27. The third-order valence-corrected chi connectivity index (χ3v) is 7.57. The average molecular weight is 667 g/mol. The highest BCUT2D eigenvalue weighted by atomic mass is 32.2. The highest BCUT2D eigenvalue weighted by molar-refractivity contribution is 7.84. The van der Waals surface area contributed by atoms with Crippen LogP contribution in [0.2, 0.25) is 0 Å². The van der Waals surface area contributed by atoms with Crippen molar-refractivity contribution in [3.05, 3.63) is 51.5 Å². The number of pyridine rings is 1. The van der Waals surface area contributed by atoms with Crippen molar-refractivity contribution in [1.82, 2.24) is 29.6 Å². The Morgan fingerprint density at radius 2 is 1.96 bits per heavy atom. The average Bonchev–Trinajstić information content (AvgIpc) is 3.39. The fraction of sp³-hybridized carbons (Fsp3) is 0.261. The minimum atomic E-state index is -5.19. The molecule has 4 heterocycles. The van der Waals surface area contributed by atoms with Crippen LogP contribution in [0, 0.1) is 0 Å². The number of anilines is 1. The van der Waals surface area contributed by atoms with Crippen LogP contribution in [0.3, 0.4) is 0 Å². The summed E-state index contributed by atoms with van der Waals surface area (Å²) in [6.07, 6.45) is 2.13. The molecule has 1 saturated heterocycles. The number of nitrogens with one attached hydrogen (secondary N) is 2. The molecule has 0 aliphatic carbocycles. The maximum atomic E-state index is 13.2. The number of β-lactam (4-membered cyclic amide) rings is 1. The molecule has 238 valence electrons. The van der Waals surface area contributed by atoms with Gasteiger partial charge in [0, 0.05) is 23.8 Å². The number of aromatic nitrogens is 4. The number of aliphatic carboxylic acids is 1. The van der Waals surface area contributed by atoms with Gasteiger partial charge in [0.25, 0.3) is 11.8 Å². The Morgan fingerprint density at radius 3 is 2.56 bits per heavy atom. The first-order chi connectivity index (χ1) is 21.0. The lowest BCUT2D eigenvalue weighted by atomic mass is 9.99. The van der Waals surface area contributed by atoms with E-state index >= 15 is 0 Å². The van der Waals surface area contributed by atoms with Gasteiger partial charge in [0.1, 0.15) is 24.4 Å². The second-order valence-electron chi connectivity index (χ2n) is 9.51. The van der Waals surface area contributed by atoms with Crippen LogP contribution in [0.4, 0.5) is 5.13 Å². The van der Waals surface area contributed by atoms with Gasteiger partial charge in [-0.15, -0.1) is 11.3 Å². The first-order valence-electron chi connectivity index (χ1n) is 12.2. The Balaban J connectivity index is 1.55. The predicted molar refractivity (Wildman–Crippen MR) is 150 cm³/mol. The van der Waals surface area contributed by atoms with Crippen molar-refractivity contribution in [2.24, 2.45) is 5.16 Å². The number of nitrogens with zero attached hydrogens (tertiary/aromatic N) is 5. The van der Waals surface area contributed by atoms with Crippen molar-refractivity contribution in [1.29, 1.82) is 0 Å². The van der Waals surface area contributed by atoms with Gasteiger partial charge >= 0.3 is 22.2 Å². The fourth-order valence-corrected chi connectivity index (χ4v) is 4.98. The molecule has 2 amide bonds. The summed E-state index contributed by atoms with van der Waals surface area (Å²) in [7, 11) is -5.19. The molecule has 1 fully saturated rings. The van der Waals surface area contributed by atoms with Crippen LogP contribution in [0.25, 0.3) is 11.5 Å². The van der Waals surface area contributed by atoms with Crippen LogP contribution in [0.5, 0.6) is 5.75 Å². The lowest BCUT2D eigenvalue weighted by molar-refractivity contribution is -0.161. The molecular weight excluding hydrogens is 644 g/mol. The van der Waals surface area contributed by atoms with Gasteiger partial charge in [0.05, 0.1) is 5.69 Å². The second-order valence-corrected chi connectivity index (χ2v) is 11.7. The second kappa shape index (κ2) is 12.3. The highest BCUT2D eigenvalue weighted by Gasteiger charge is 2.55. The number of amides is 2. The summed E-state index contributed by atoms with van der Waals surface area (Å²) in [4.78, 5) is 81.1. The van der Waals surface area contributed by atoms with Crippen LogP contribution in [0.1, 0.15) is 30.0 Å². The zero-order chi connectivity index (χ0) is 33.3. The first kappa shape index (κ1) is 32.4. The van der Waals surface area contributed by atoms with Gasteiger partial charge in [-0.1, -0.05) is 5.16 Å². The summed E-state index contributed by atoms with van der Waals surface area (Å²) in [5.41, 5.74) is 1.81. The van der Waals surface area contributed by atoms with E-state index in [0.717, 1.165) is 49.7 Å². The number of hydrogen-bond donors (Lipinski definition) is 6. The molecule has 0 radical (unpaired) electrons. The molecule has 7 N–H and O–H groups in total. The number of H-pyrrole nitrogens is 1. The minimum Gasteiger partial charge on any atom is -0.503 e. The Bertz CT molecular complexity index is 1890. The Kier molecular flexibility index (Phi) is 8.83. The van der Waals surface area contributed by atoms with Crippen molar-refractivity contribution >= 4 is 56.2 Å². The van der Waals surface area contributed by atoms with Crippen LogP contribution in [-0.2, 0) is 34.3 Å². The summed E-state index contributed by atoms with van der Waals surface area (Å²) in [5.74, 6) is -5.79. The van der Waals surface area contributed by atoms with Gasteiger partial charge in [-0.25, -0.2) is 28.8 Å². The van der Waals surface area contributed by atoms with Gasteiger partial charge < -0.3 is 35.8 Å². The number of rotatable bonds is 11. The molecule has 3 aromatic rings. The number of carboxylic acids is 1. The van der Waals surface area contributed by atoms with Crippen molar-refractivity contribution in [3.8, 4) is 17.3 Å². The molecule has 20 nitrogen and oxygen atoms in total. The smallest absolute Gasteiger partial charge is 0.362 e. The number of nitrogen functional groups attached to an aromatic ring is 1. The topological polar surface area (TPSA) is 307 Å². The maximum Gasteiger partial charge on any atom is 0.362 e. The van der Waals surface area contributed by atoms with Crippen LogP contribution >= 0.6 is 11.3 Å². The quantitative estimate of drug-likeness (QED) is 0.0446. The van der Waals surface area contributed by atoms with E-state index in [0.29, 0.717) is 0 Å². The van der Waals surface area contributed by atoms with E-state index in [4.69, 9.17) is 15.3 Å². The highest BCUT2D eigenvalue weighted by Crippen LogP contribution is 2.25. The molecule has 0 saturated carbocycles. The third kappa shape index (κ3) is 7.02. The summed E-state index contributed by atoms with van der Waals surface area (Å²) >= 11 is 0.893. The van der Waals surface area contributed by atoms with E-state index < -0.39 is 75.2 Å². The lowest BCUT2D eigenvalue weighted by Crippen LogP contribution is -2.73. The summed E-state index contributed by atoms with van der Waals surface area (Å²) in [5, 5.41) is 25.7. The molecular formula is C23H22N8O12S2. The van der Waals surface area contributed by atoms with Gasteiger partial charge in [0.15, 0.2) is 28.1 Å². The maximum absolute atomic E-state index is 13.2. The van der Waals surface area contributed by atoms with E-state index in [1.165, 1.54) is 5.38 Å². The van der Waals surface area contributed by atoms with E-state index in [2.05, 4.69) is 30.4 Å². The van der Waals surface area contributed by atoms with Crippen molar-refractivity contribution in [3.63, 3.8) is 0 Å². The molecule has 4 rings (SSSR count). The summed E-state index contributed by atoms with van der Waals surface area (Å²) < 4.78 is 38.4. The molecule has 0 spiro atoms. The number of aromatic amines is 1. The standard InChI is InChI=1S/C23H22N8O12S2/c1-23(2,21(37)38)43-30-15(11-8-44-22(24)28-11)18(34)29-16-12(31(19(16)35)45(39,40)41)7-42-20(36)9-3-4-25-17(27-9)10-5-13(32)14(33)6-26-10/h3-6,8,12,16,33H,7H2,1-2H3,(H2,24,28)(H,26,32)(H,29,34)(H,37,38)(H,39,40,41)/t12-,16+/m1/s1. The van der Waals surface area contributed by atoms with E-state index in [9.17, 15) is 47.2 Å². The number of carbonyl (C=O) groups is 4. The molecule has 2 atom stereocenters. The Labute approximate surface area is 255 Å². The normalized spacial score (nSPS) is 16.9. The van der Waals surface area contributed by atoms with Crippen molar-refractivity contribution in [2.45, 2.75) is 31.5 Å². The number of ether oxygens (including phenoxy) is 1. The number of oxime groups is 1. The molecule has 0 bridgehead atoms. The molecule has 1 aliphatic heterocycles. The van der Waals surface area contributed by atoms with Crippen molar-refractivity contribution in [2.75, 3.05) is 12.3 Å². The number of hydrogen-bond acceptors (Lipinski definition) is 16. The molecule has 0 aromatic carbocycles. The number of carbonyl (C=O) groups excluding carboxylic acids is 3. The Morgan fingerprint density at radius 1 is 1.24 bits per heavy atom. The number of carboxylic acid groups (broad SMARTS) is 1. The van der Waals surface area contributed by atoms with E-state index in [-0.39, 0.29) is 32.3 Å². The zero-order valence-electron chi connectivity index (χ0n) is 22.9. The molecule has 45 heavy (non-hydrogen) atoms. The number of esters is 1. The predicted octanol–water partition coefficient (Wildman–Crippen LogP) is -1.48. The minimum absolute atomic E-state index is 0.00491. The number of thiazole rings is 1. The fourth-order valence-electron chi connectivity index (χ4n) is 3.56. The lowest BCUT2D eigenvalue weighted by Gasteiger charge is -2.43. The van der Waals surface area contributed by atoms with Crippen LogP contribution in [-0.4, -0.2) is 101 Å². The van der Waals surface area contributed by atoms with Gasteiger partial charge in [-0.2, -0.15) is 8.42 Å². The number of nitrogens with two attached hydrogens (primary N) is 1. The van der Waals surface area contributed by atoms with Crippen molar-refractivity contribution < 1.29 is 51.9 Å². The Hall–Kier alpha value is -5.48. The van der Waals surface area contributed by atoms with Gasteiger partial charge in [-0.05, 0) is 19.9 Å². The van der Waals surface area contributed by atoms with E-state index in [1.54, 1.807) is 0 Å². The SMILES string of the molecule is CC(C)(ON=C(C(=O)N[C@@H]1C(=O)N(S(=O)(=O)O)[C@@H]1COC(=O)c1ccnc(-c2cc(=O)c(O)c[nH]2)n1)c1csc(N)n1)C(=O)O. The largest absolute Gasteiger partial charge is 0.503 e. The molecule has 3 aromatic heterocycles. The zero-order valence-corrected chi connectivity index (χ0v) is 24.5. The summed E-state index contributed by atoms with van der Waals surface area (Å²) in [6.45, 7) is 1.39. The first-order valence-corrected chi connectivity index (χ1v) is 14.5. The molecule has 1 aliphatic rings.